The number of para-hydroxylation sites is 1. The molecule has 10 rings (SSSR count). The molecule has 0 radical (unpaired) electrons. The first-order valence-electron chi connectivity index (χ1n) is 21.3. The highest BCUT2D eigenvalue weighted by molar-refractivity contribution is 9.10. The zero-order valence-corrected chi connectivity index (χ0v) is 36.4. The Morgan fingerprint density at radius 2 is 1.00 bits per heavy atom. The van der Waals surface area contributed by atoms with Gasteiger partial charge in [0, 0.05) is 21.4 Å². The normalized spacial score (nSPS) is 14.1. The van der Waals surface area contributed by atoms with Crippen molar-refractivity contribution in [1.82, 2.24) is 0 Å². The second-order valence-electron chi connectivity index (χ2n) is 15.9. The van der Waals surface area contributed by atoms with Gasteiger partial charge in [0.15, 0.2) is 0 Å². The second-order valence-corrected chi connectivity index (χ2v) is 16.7. The highest BCUT2D eigenvalue weighted by atomic mass is 79.9. The molecule has 9 aromatic carbocycles. The van der Waals surface area contributed by atoms with Crippen LogP contribution in [0.2, 0.25) is 0 Å². The van der Waals surface area contributed by atoms with Crippen LogP contribution in [-0.4, -0.2) is 0 Å². The third-order valence-corrected chi connectivity index (χ3v) is 13.1. The Bertz CT molecular complexity index is 3150. The van der Waals surface area contributed by atoms with Crippen LogP contribution in [0.3, 0.4) is 0 Å². The number of fused-ring (bicyclic) bond motifs is 3. The smallest absolute Gasteiger partial charge is 0.0725 e. The highest BCUT2D eigenvalue weighted by Gasteiger charge is 2.47. The molecule has 1 atom stereocenters. The number of rotatable bonds is 11. The molecule has 0 amide bonds. The molecular formula is C61H44BrN. The fraction of sp³-hybridized carbons (Fsp3) is 0.0164. The molecule has 0 aromatic heterocycles. The number of benzene rings is 9. The van der Waals surface area contributed by atoms with Crippen molar-refractivity contribution in [2.75, 3.05) is 4.90 Å². The molecule has 9 aromatic rings. The van der Waals surface area contributed by atoms with Gasteiger partial charge in [0.1, 0.15) is 0 Å². The molecule has 1 nitrogen and oxygen atoms in total. The molecular weight excluding hydrogens is 827 g/mol. The van der Waals surface area contributed by atoms with Gasteiger partial charge in [-0.25, -0.2) is 0 Å². The molecule has 0 N–H and O–H groups in total. The van der Waals surface area contributed by atoms with E-state index in [2.05, 4.69) is 258 Å². The first kappa shape index (κ1) is 39.6. The van der Waals surface area contributed by atoms with Gasteiger partial charge in [0.2, 0.25) is 0 Å². The van der Waals surface area contributed by atoms with Gasteiger partial charge in [0.25, 0.3) is 0 Å². The lowest BCUT2D eigenvalue weighted by atomic mass is 9.67. The standard InChI is InChI=1S/C61H44BrN/c1-3-19-43(4-2)48-34-38-56-54(40-48)55-41-49(45-22-10-6-11-23-45)35-39-57(55)61(56,58-29-15-16-30-59(58)62)50-26-18-27-52(42-50)63(51-36-32-46(33-37-51)44-20-8-5-9-21-44)60-31-17-14-28-53(60)47-24-12-7-13-25-47/h3-42H,1-2H2/b43-19+. The van der Waals surface area contributed by atoms with Crippen LogP contribution >= 0.6 is 15.9 Å². The predicted octanol–water partition coefficient (Wildman–Crippen LogP) is 17.0. The van der Waals surface area contributed by atoms with Gasteiger partial charge in [-0.2, -0.15) is 0 Å². The number of hydrogen-bond acceptors (Lipinski definition) is 1. The maximum Gasteiger partial charge on any atom is 0.0725 e. The molecule has 1 unspecified atom stereocenters. The Balaban J connectivity index is 1.25. The fourth-order valence-corrected chi connectivity index (χ4v) is 10.1. The largest absolute Gasteiger partial charge is 0.310 e. The van der Waals surface area contributed by atoms with E-state index in [0.29, 0.717) is 0 Å². The van der Waals surface area contributed by atoms with Crippen LogP contribution in [0.25, 0.3) is 50.1 Å². The summed E-state index contributed by atoms with van der Waals surface area (Å²) < 4.78 is 1.05. The van der Waals surface area contributed by atoms with Crippen LogP contribution in [0.15, 0.2) is 260 Å². The lowest BCUT2D eigenvalue weighted by Gasteiger charge is -2.36. The van der Waals surface area contributed by atoms with Gasteiger partial charge in [-0.1, -0.05) is 223 Å². The maximum atomic E-state index is 4.18. The Morgan fingerprint density at radius 1 is 0.429 bits per heavy atom. The number of halogens is 1. The Kier molecular flexibility index (Phi) is 10.7. The van der Waals surface area contributed by atoms with Crippen molar-refractivity contribution in [3.8, 4) is 44.5 Å². The molecule has 0 fully saturated rings. The maximum absolute atomic E-state index is 4.18. The van der Waals surface area contributed by atoms with E-state index >= 15 is 0 Å². The van der Waals surface area contributed by atoms with E-state index in [4.69, 9.17) is 0 Å². The van der Waals surface area contributed by atoms with E-state index in [1.807, 2.05) is 18.2 Å². The molecule has 63 heavy (non-hydrogen) atoms. The van der Waals surface area contributed by atoms with Crippen molar-refractivity contribution in [2.45, 2.75) is 5.41 Å². The summed E-state index contributed by atoms with van der Waals surface area (Å²) in [5, 5.41) is 0. The van der Waals surface area contributed by atoms with Crippen molar-refractivity contribution in [3.05, 3.63) is 288 Å². The Labute approximate surface area is 379 Å². The summed E-state index contributed by atoms with van der Waals surface area (Å²) in [7, 11) is 0. The van der Waals surface area contributed by atoms with Gasteiger partial charge in [-0.3, -0.25) is 0 Å². The number of nitrogens with zero attached hydrogens (tertiary/aromatic N) is 1. The third-order valence-electron chi connectivity index (χ3n) is 12.4. The Hall–Kier alpha value is -7.52. The van der Waals surface area contributed by atoms with Crippen molar-refractivity contribution in [2.24, 2.45) is 0 Å². The zero-order chi connectivity index (χ0) is 42.8. The van der Waals surface area contributed by atoms with Crippen molar-refractivity contribution >= 4 is 38.6 Å². The number of allylic oxidation sites excluding steroid dienone is 4. The topological polar surface area (TPSA) is 3.24 Å². The van der Waals surface area contributed by atoms with Gasteiger partial charge < -0.3 is 4.90 Å². The summed E-state index contributed by atoms with van der Waals surface area (Å²) in [5.41, 5.74) is 18.9. The van der Waals surface area contributed by atoms with Gasteiger partial charge in [-0.05, 0) is 121 Å². The highest BCUT2D eigenvalue weighted by Crippen LogP contribution is 2.59. The Morgan fingerprint density at radius 3 is 1.68 bits per heavy atom. The number of hydrogen-bond donors (Lipinski definition) is 0. The van der Waals surface area contributed by atoms with Crippen molar-refractivity contribution in [1.29, 1.82) is 0 Å². The van der Waals surface area contributed by atoms with Crippen LogP contribution < -0.4 is 4.90 Å². The molecule has 1 aliphatic carbocycles. The SMILES string of the molecule is C=C/C=C(\C=C)c1ccc2c(c1)-c1cc(-c3ccccc3)ccc1C2(c1cccc(N(c2ccc(-c3ccccc3)cc2)c2ccccc2-c2ccccc2)c1)c1ccccc1Br. The lowest BCUT2D eigenvalue weighted by Crippen LogP contribution is -2.29. The molecule has 0 bridgehead atoms. The number of anilines is 3. The molecule has 0 spiro atoms. The quantitative estimate of drug-likeness (QED) is 0.117. The summed E-state index contributed by atoms with van der Waals surface area (Å²) in [6, 6.07) is 81.6. The van der Waals surface area contributed by atoms with Crippen LogP contribution in [0.1, 0.15) is 27.8 Å². The third kappa shape index (κ3) is 7.09. The van der Waals surface area contributed by atoms with E-state index in [0.717, 1.165) is 43.8 Å². The molecule has 300 valence electrons. The first-order valence-corrected chi connectivity index (χ1v) is 22.1. The summed E-state index contributed by atoms with van der Waals surface area (Å²) in [4.78, 5) is 2.42. The molecule has 0 aliphatic heterocycles. The average Bonchev–Trinajstić information content (AvgIpc) is 3.64. The summed E-state index contributed by atoms with van der Waals surface area (Å²) >= 11 is 4.10. The summed E-state index contributed by atoms with van der Waals surface area (Å²) in [6.45, 7) is 8.19. The van der Waals surface area contributed by atoms with Gasteiger partial charge in [0.05, 0.1) is 11.1 Å². The molecule has 2 heteroatoms. The van der Waals surface area contributed by atoms with Crippen LogP contribution in [0, 0.1) is 0 Å². The van der Waals surface area contributed by atoms with Crippen LogP contribution in [0.4, 0.5) is 17.1 Å². The van der Waals surface area contributed by atoms with Crippen LogP contribution in [0.5, 0.6) is 0 Å². The summed E-state index contributed by atoms with van der Waals surface area (Å²) in [5.74, 6) is 0. The molecule has 0 saturated carbocycles. The fourth-order valence-electron chi connectivity index (χ4n) is 9.52. The second kappa shape index (κ2) is 17.1. The minimum absolute atomic E-state index is 0.688. The molecule has 0 heterocycles. The molecule has 0 saturated heterocycles. The molecule has 1 aliphatic rings. The summed E-state index contributed by atoms with van der Waals surface area (Å²) in [6.07, 6.45) is 5.78. The predicted molar refractivity (Wildman–Crippen MR) is 271 cm³/mol. The van der Waals surface area contributed by atoms with E-state index in [-0.39, 0.29) is 0 Å². The average molecular weight is 871 g/mol. The monoisotopic (exact) mass is 869 g/mol. The zero-order valence-electron chi connectivity index (χ0n) is 34.8. The first-order chi connectivity index (χ1) is 31.1. The van der Waals surface area contributed by atoms with Crippen molar-refractivity contribution in [3.63, 3.8) is 0 Å². The van der Waals surface area contributed by atoms with Gasteiger partial charge in [-0.15, -0.1) is 0 Å². The minimum Gasteiger partial charge on any atom is -0.310 e. The van der Waals surface area contributed by atoms with Crippen LogP contribution in [-0.2, 0) is 5.41 Å². The van der Waals surface area contributed by atoms with Crippen molar-refractivity contribution < 1.29 is 0 Å². The minimum atomic E-state index is -0.688. The van der Waals surface area contributed by atoms with E-state index in [1.54, 1.807) is 0 Å². The van der Waals surface area contributed by atoms with E-state index in [9.17, 15) is 0 Å². The van der Waals surface area contributed by atoms with E-state index < -0.39 is 5.41 Å². The van der Waals surface area contributed by atoms with Gasteiger partial charge >= 0.3 is 0 Å². The lowest BCUT2D eigenvalue weighted by molar-refractivity contribution is 0.763. The van der Waals surface area contributed by atoms with E-state index in [1.165, 1.54) is 55.6 Å².